The average Bonchev–Trinajstić information content (AvgIpc) is 3.31. The highest BCUT2D eigenvalue weighted by molar-refractivity contribution is 5.77. The van der Waals surface area contributed by atoms with Gasteiger partial charge in [0.2, 0.25) is 5.91 Å². The minimum Gasteiger partial charge on any atom is -0.388 e. The van der Waals surface area contributed by atoms with Crippen molar-refractivity contribution in [1.82, 2.24) is 24.1 Å². The predicted octanol–water partition coefficient (Wildman–Crippen LogP) is 2.54. The van der Waals surface area contributed by atoms with Gasteiger partial charge in [-0.2, -0.15) is 9.61 Å². The molecule has 1 saturated heterocycles. The zero-order valence-electron chi connectivity index (χ0n) is 18.9. The second kappa shape index (κ2) is 9.23. The van der Waals surface area contributed by atoms with Gasteiger partial charge in [-0.1, -0.05) is 60.7 Å². The fraction of sp³-hybridized carbons (Fsp3) is 0.308. The summed E-state index contributed by atoms with van der Waals surface area (Å²) < 4.78 is 2.68. The van der Waals surface area contributed by atoms with Crippen molar-refractivity contribution in [1.29, 1.82) is 0 Å². The number of rotatable bonds is 6. The van der Waals surface area contributed by atoms with Crippen molar-refractivity contribution in [3.05, 3.63) is 89.2 Å². The molecule has 4 aromatic rings. The van der Waals surface area contributed by atoms with E-state index in [1.165, 1.54) is 15.4 Å². The number of aliphatic hydroxyl groups is 1. The van der Waals surface area contributed by atoms with Crippen LogP contribution in [0.1, 0.15) is 24.8 Å². The van der Waals surface area contributed by atoms with Gasteiger partial charge in [0.15, 0.2) is 5.65 Å². The van der Waals surface area contributed by atoms with Crippen molar-refractivity contribution < 1.29 is 9.90 Å². The van der Waals surface area contributed by atoms with Gasteiger partial charge in [-0.15, -0.1) is 0 Å². The van der Waals surface area contributed by atoms with Gasteiger partial charge in [0.05, 0.1) is 18.3 Å². The summed E-state index contributed by atoms with van der Waals surface area (Å²) in [6, 6.07) is 19.6. The highest BCUT2D eigenvalue weighted by atomic mass is 16.3. The Morgan fingerprint density at radius 3 is 2.38 bits per heavy atom. The maximum atomic E-state index is 13.0. The molecule has 5 rings (SSSR count). The quantitative estimate of drug-likeness (QED) is 0.480. The summed E-state index contributed by atoms with van der Waals surface area (Å²) in [6.45, 7) is 1.05. The van der Waals surface area contributed by atoms with Crippen LogP contribution in [-0.2, 0) is 17.8 Å². The average molecular weight is 458 g/mol. The molecule has 0 saturated carbocycles. The Hall–Kier alpha value is -3.78. The number of nitrogens with zero attached hydrogens (tertiary/aromatic N) is 5. The zero-order valence-corrected chi connectivity index (χ0v) is 18.9. The number of carbonyl (C=O) groups excluding carboxylic acids is 1. The Morgan fingerprint density at radius 1 is 1.00 bits per heavy atom. The number of aryl methyl sites for hydroxylation is 1. The van der Waals surface area contributed by atoms with Crippen molar-refractivity contribution in [3.63, 3.8) is 0 Å². The highest BCUT2D eigenvalue weighted by Crippen LogP contribution is 2.25. The van der Waals surface area contributed by atoms with Crippen LogP contribution in [0.3, 0.4) is 0 Å². The molecular weight excluding hydrogens is 430 g/mol. The van der Waals surface area contributed by atoms with Gasteiger partial charge >= 0.3 is 5.69 Å². The molecule has 2 aromatic heterocycles. The topological polar surface area (TPSA) is 92.7 Å². The van der Waals surface area contributed by atoms with Gasteiger partial charge in [-0.25, -0.2) is 9.78 Å². The maximum Gasteiger partial charge on any atom is 0.351 e. The van der Waals surface area contributed by atoms with Crippen LogP contribution in [0, 0.1) is 0 Å². The van der Waals surface area contributed by atoms with E-state index in [1.807, 2.05) is 60.7 Å². The van der Waals surface area contributed by atoms with Crippen molar-refractivity contribution in [3.8, 4) is 11.1 Å². The van der Waals surface area contributed by atoms with Crippen molar-refractivity contribution >= 4 is 11.6 Å². The minimum atomic E-state index is -1.08. The summed E-state index contributed by atoms with van der Waals surface area (Å²) in [5.41, 5.74) is 1.92. The Kier molecular flexibility index (Phi) is 5.98. The standard InChI is InChI=1S/C26H27N5O3/c32-23(12-11-20-7-3-1-4-8-20)29-15-13-26(34,14-16-29)18-30-19-27-24-22(17-28-31(24)25(30)33)21-9-5-2-6-10-21/h1-10,17,19,34H,11-16,18H2. The lowest BCUT2D eigenvalue weighted by Crippen LogP contribution is -2.50. The first kappa shape index (κ1) is 22.0. The van der Waals surface area contributed by atoms with E-state index in [0.717, 1.165) is 16.7 Å². The summed E-state index contributed by atoms with van der Waals surface area (Å²) >= 11 is 0. The normalized spacial score (nSPS) is 15.5. The molecule has 34 heavy (non-hydrogen) atoms. The number of amides is 1. The van der Waals surface area contributed by atoms with Crippen LogP contribution in [-0.4, -0.2) is 53.8 Å². The highest BCUT2D eigenvalue weighted by Gasteiger charge is 2.34. The Balaban J connectivity index is 1.24. The van der Waals surface area contributed by atoms with E-state index in [1.54, 1.807) is 11.1 Å². The smallest absolute Gasteiger partial charge is 0.351 e. The number of piperidine rings is 1. The van der Waals surface area contributed by atoms with Gasteiger partial charge < -0.3 is 10.0 Å². The monoisotopic (exact) mass is 457 g/mol. The van der Waals surface area contributed by atoms with Gasteiger partial charge in [0, 0.05) is 25.1 Å². The molecule has 0 aliphatic carbocycles. The minimum absolute atomic E-state index is 0.0936. The molecule has 1 aliphatic rings. The first-order valence-electron chi connectivity index (χ1n) is 11.6. The number of carbonyl (C=O) groups is 1. The van der Waals surface area contributed by atoms with Crippen molar-refractivity contribution in [2.45, 2.75) is 37.8 Å². The summed E-state index contributed by atoms with van der Waals surface area (Å²) in [5, 5.41) is 15.4. The molecule has 1 N–H and O–H groups in total. The third-order valence-electron chi connectivity index (χ3n) is 6.56. The number of fused-ring (bicyclic) bond motifs is 1. The molecular formula is C26H27N5O3. The molecule has 2 aromatic carbocycles. The number of benzene rings is 2. The Morgan fingerprint density at radius 2 is 1.68 bits per heavy atom. The Bertz CT molecular complexity index is 1340. The van der Waals surface area contributed by atoms with E-state index in [2.05, 4.69) is 10.1 Å². The fourth-order valence-electron chi connectivity index (χ4n) is 4.53. The van der Waals surface area contributed by atoms with Crippen LogP contribution in [0.2, 0.25) is 0 Å². The number of aromatic nitrogens is 4. The summed E-state index contributed by atoms with van der Waals surface area (Å²) in [6.07, 6.45) is 5.08. The molecule has 1 amide bonds. The fourth-order valence-corrected chi connectivity index (χ4v) is 4.53. The maximum absolute atomic E-state index is 13.0. The van der Waals surface area contributed by atoms with Crippen LogP contribution >= 0.6 is 0 Å². The second-order valence-corrected chi connectivity index (χ2v) is 8.91. The zero-order chi connectivity index (χ0) is 23.5. The number of likely N-dealkylation sites (tertiary alicyclic amines) is 1. The van der Waals surface area contributed by atoms with E-state index in [0.29, 0.717) is 44.4 Å². The van der Waals surface area contributed by atoms with Crippen molar-refractivity contribution in [2.24, 2.45) is 0 Å². The van der Waals surface area contributed by atoms with Gasteiger partial charge in [-0.3, -0.25) is 9.36 Å². The molecule has 3 heterocycles. The van der Waals surface area contributed by atoms with E-state index in [-0.39, 0.29) is 18.1 Å². The number of hydrogen-bond acceptors (Lipinski definition) is 5. The molecule has 8 heteroatoms. The molecule has 0 bridgehead atoms. The first-order chi connectivity index (χ1) is 16.5. The van der Waals surface area contributed by atoms with Crippen LogP contribution in [0.5, 0.6) is 0 Å². The molecule has 0 radical (unpaired) electrons. The summed E-state index contributed by atoms with van der Waals surface area (Å²) in [5.74, 6) is 0.0936. The lowest BCUT2D eigenvalue weighted by Gasteiger charge is -2.38. The van der Waals surface area contributed by atoms with E-state index in [9.17, 15) is 14.7 Å². The third-order valence-corrected chi connectivity index (χ3v) is 6.56. The van der Waals surface area contributed by atoms with Crippen LogP contribution < -0.4 is 5.69 Å². The van der Waals surface area contributed by atoms with Gasteiger partial charge in [0.1, 0.15) is 6.33 Å². The van der Waals surface area contributed by atoms with Crippen molar-refractivity contribution in [2.75, 3.05) is 13.1 Å². The van der Waals surface area contributed by atoms with Gasteiger partial charge in [0.25, 0.3) is 0 Å². The predicted molar refractivity (Wildman–Crippen MR) is 128 cm³/mol. The molecule has 1 aliphatic heterocycles. The van der Waals surface area contributed by atoms with Gasteiger partial charge in [-0.05, 0) is 30.4 Å². The summed E-state index contributed by atoms with van der Waals surface area (Å²) in [4.78, 5) is 31.9. The van der Waals surface area contributed by atoms with E-state index >= 15 is 0 Å². The molecule has 0 spiro atoms. The van der Waals surface area contributed by atoms with Crippen LogP contribution in [0.15, 0.2) is 78.0 Å². The molecule has 8 nitrogen and oxygen atoms in total. The first-order valence-corrected chi connectivity index (χ1v) is 11.6. The van der Waals surface area contributed by atoms with Crippen LogP contribution in [0.4, 0.5) is 0 Å². The largest absolute Gasteiger partial charge is 0.388 e. The lowest BCUT2D eigenvalue weighted by molar-refractivity contribution is -0.135. The Labute approximate surface area is 197 Å². The lowest BCUT2D eigenvalue weighted by atomic mass is 9.91. The molecule has 0 atom stereocenters. The SMILES string of the molecule is O=C(CCc1ccccc1)N1CCC(O)(Cn2cnc3c(-c4ccccc4)cnn3c2=O)CC1. The van der Waals surface area contributed by atoms with E-state index < -0.39 is 5.60 Å². The van der Waals surface area contributed by atoms with Crippen LogP contribution in [0.25, 0.3) is 16.8 Å². The third kappa shape index (κ3) is 4.49. The van der Waals surface area contributed by atoms with E-state index in [4.69, 9.17) is 0 Å². The summed E-state index contributed by atoms with van der Waals surface area (Å²) in [7, 11) is 0. The second-order valence-electron chi connectivity index (χ2n) is 8.91. The molecule has 0 unspecified atom stereocenters. The molecule has 1 fully saturated rings. The molecule has 174 valence electrons. The number of hydrogen-bond donors (Lipinski definition) is 1.